The molecule has 0 aliphatic carbocycles. The molecule has 2 aromatic carbocycles. The molecular formula is C19H21F2N3O3. The van der Waals surface area contributed by atoms with Crippen LogP contribution in [0.1, 0.15) is 17.2 Å². The van der Waals surface area contributed by atoms with Crippen LogP contribution in [0.15, 0.2) is 54.6 Å². The number of ether oxygens (including phenoxy) is 1. The van der Waals surface area contributed by atoms with Crippen LogP contribution in [-0.2, 0) is 11.3 Å². The summed E-state index contributed by atoms with van der Waals surface area (Å²) < 4.78 is 28.8. The van der Waals surface area contributed by atoms with E-state index >= 15 is 0 Å². The molecule has 1 unspecified atom stereocenters. The summed E-state index contributed by atoms with van der Waals surface area (Å²) in [4.78, 5) is 25.9. The summed E-state index contributed by atoms with van der Waals surface area (Å²) >= 11 is 0. The molecule has 144 valence electrons. The molecule has 0 spiro atoms. The molecule has 6 nitrogen and oxygen atoms in total. The first kappa shape index (κ1) is 20.3. The Morgan fingerprint density at radius 3 is 2.26 bits per heavy atom. The van der Waals surface area contributed by atoms with E-state index in [-0.39, 0.29) is 5.75 Å². The molecule has 27 heavy (non-hydrogen) atoms. The largest absolute Gasteiger partial charge is 0.435 e. The first-order chi connectivity index (χ1) is 12.9. The summed E-state index contributed by atoms with van der Waals surface area (Å²) in [6.07, 6.45) is 0. The van der Waals surface area contributed by atoms with E-state index < -0.39 is 24.6 Å². The van der Waals surface area contributed by atoms with Crippen molar-refractivity contribution in [3.05, 3.63) is 65.7 Å². The maximum Gasteiger partial charge on any atom is 0.387 e. The van der Waals surface area contributed by atoms with Crippen LogP contribution in [0, 0.1) is 0 Å². The lowest BCUT2D eigenvalue weighted by atomic mass is 10.0. The van der Waals surface area contributed by atoms with E-state index in [0.29, 0.717) is 6.54 Å². The molecule has 2 rings (SSSR count). The quantitative estimate of drug-likeness (QED) is 0.778. The van der Waals surface area contributed by atoms with Gasteiger partial charge in [0.05, 0.1) is 0 Å². The zero-order valence-electron chi connectivity index (χ0n) is 15.0. The molecular weight excluding hydrogens is 356 g/mol. The normalized spacial score (nSPS) is 11.9. The molecule has 3 amide bonds. The second-order valence-electron chi connectivity index (χ2n) is 5.82. The van der Waals surface area contributed by atoms with Gasteiger partial charge in [0.25, 0.3) is 0 Å². The van der Waals surface area contributed by atoms with Crippen LogP contribution in [-0.4, -0.2) is 37.5 Å². The molecule has 0 aromatic heterocycles. The van der Waals surface area contributed by atoms with Gasteiger partial charge in [0.2, 0.25) is 5.91 Å². The average molecular weight is 377 g/mol. The highest BCUT2D eigenvalue weighted by molar-refractivity contribution is 5.97. The standard InChI is InChI=1S/C19H21F2N3O3/c1-22-19(26)23-17(25)16(14-6-4-3-5-7-14)24(2)12-13-8-10-15(11-9-13)27-18(20)21/h3-11,16,18H,12H2,1-2H3,(H2,22,23,25,26). The molecule has 1 atom stereocenters. The number of halogens is 2. The van der Waals surface area contributed by atoms with Crippen molar-refractivity contribution in [1.29, 1.82) is 0 Å². The van der Waals surface area contributed by atoms with Crippen LogP contribution >= 0.6 is 0 Å². The number of carbonyl (C=O) groups is 2. The van der Waals surface area contributed by atoms with Gasteiger partial charge in [-0.25, -0.2) is 4.79 Å². The van der Waals surface area contributed by atoms with Crippen molar-refractivity contribution < 1.29 is 23.1 Å². The third-order valence-corrected chi connectivity index (χ3v) is 3.85. The Bertz CT molecular complexity index is 755. The van der Waals surface area contributed by atoms with Gasteiger partial charge in [0, 0.05) is 13.6 Å². The number of amides is 3. The van der Waals surface area contributed by atoms with Crippen LogP contribution < -0.4 is 15.4 Å². The summed E-state index contributed by atoms with van der Waals surface area (Å²) in [5.41, 5.74) is 1.52. The molecule has 0 heterocycles. The van der Waals surface area contributed by atoms with Crippen LogP contribution in [0.5, 0.6) is 5.75 Å². The number of imide groups is 1. The molecule has 2 N–H and O–H groups in total. The third kappa shape index (κ3) is 6.03. The fraction of sp³-hybridized carbons (Fsp3) is 0.263. The van der Waals surface area contributed by atoms with Gasteiger partial charge in [-0.3, -0.25) is 15.0 Å². The zero-order chi connectivity index (χ0) is 19.8. The number of urea groups is 1. The second-order valence-corrected chi connectivity index (χ2v) is 5.82. The Kier molecular flexibility index (Phi) is 7.25. The number of nitrogens with zero attached hydrogens (tertiary/aromatic N) is 1. The maximum absolute atomic E-state index is 12.6. The highest BCUT2D eigenvalue weighted by Gasteiger charge is 2.26. The van der Waals surface area contributed by atoms with Crippen LogP contribution in [0.3, 0.4) is 0 Å². The van der Waals surface area contributed by atoms with Gasteiger partial charge in [-0.2, -0.15) is 8.78 Å². The lowest BCUT2D eigenvalue weighted by Gasteiger charge is -2.27. The minimum Gasteiger partial charge on any atom is -0.435 e. The van der Waals surface area contributed by atoms with Crippen molar-refractivity contribution in [3.63, 3.8) is 0 Å². The first-order valence-electron chi connectivity index (χ1n) is 8.22. The van der Waals surface area contributed by atoms with Crippen molar-refractivity contribution in [2.45, 2.75) is 19.2 Å². The lowest BCUT2D eigenvalue weighted by Crippen LogP contribution is -2.44. The molecule has 0 fully saturated rings. The average Bonchev–Trinajstić information content (AvgIpc) is 2.64. The molecule has 8 heteroatoms. The zero-order valence-corrected chi connectivity index (χ0v) is 15.0. The fourth-order valence-corrected chi connectivity index (χ4v) is 2.64. The van der Waals surface area contributed by atoms with E-state index in [0.717, 1.165) is 11.1 Å². The van der Waals surface area contributed by atoms with Gasteiger partial charge in [-0.05, 0) is 30.3 Å². The minimum absolute atomic E-state index is 0.0633. The monoisotopic (exact) mass is 377 g/mol. The molecule has 0 radical (unpaired) electrons. The number of rotatable bonds is 7. The van der Waals surface area contributed by atoms with Gasteiger partial charge in [-0.1, -0.05) is 42.5 Å². The van der Waals surface area contributed by atoms with E-state index in [9.17, 15) is 18.4 Å². The summed E-state index contributed by atoms with van der Waals surface area (Å²) in [7, 11) is 3.16. The second kappa shape index (κ2) is 9.63. The topological polar surface area (TPSA) is 70.7 Å². The molecule has 0 saturated heterocycles. The van der Waals surface area contributed by atoms with Gasteiger partial charge in [0.1, 0.15) is 11.8 Å². The Balaban J connectivity index is 2.17. The first-order valence-corrected chi connectivity index (χ1v) is 8.22. The van der Waals surface area contributed by atoms with E-state index in [1.54, 1.807) is 48.3 Å². The van der Waals surface area contributed by atoms with Crippen LogP contribution in [0.2, 0.25) is 0 Å². The van der Waals surface area contributed by atoms with Gasteiger partial charge in [-0.15, -0.1) is 0 Å². The summed E-state index contributed by atoms with van der Waals surface area (Å²) in [6, 6.07) is 13.9. The number of carbonyl (C=O) groups excluding carboxylic acids is 2. The molecule has 0 bridgehead atoms. The number of alkyl halides is 2. The highest BCUT2D eigenvalue weighted by atomic mass is 19.3. The summed E-state index contributed by atoms with van der Waals surface area (Å²) in [5, 5.41) is 4.64. The summed E-state index contributed by atoms with van der Waals surface area (Å²) in [6.45, 7) is -2.52. The van der Waals surface area contributed by atoms with E-state index in [1.807, 2.05) is 6.07 Å². The Morgan fingerprint density at radius 2 is 1.70 bits per heavy atom. The number of hydrogen-bond acceptors (Lipinski definition) is 4. The van der Waals surface area contributed by atoms with E-state index in [1.165, 1.54) is 19.2 Å². The van der Waals surface area contributed by atoms with Crippen molar-refractivity contribution in [2.24, 2.45) is 0 Å². The molecule has 0 aliphatic rings. The number of benzene rings is 2. The van der Waals surface area contributed by atoms with Gasteiger partial charge in [0.15, 0.2) is 0 Å². The predicted octanol–water partition coefficient (Wildman–Crippen LogP) is 2.92. The van der Waals surface area contributed by atoms with Crippen molar-refractivity contribution in [1.82, 2.24) is 15.5 Å². The predicted molar refractivity (Wildman–Crippen MR) is 96.3 cm³/mol. The Hall–Kier alpha value is -3.00. The van der Waals surface area contributed by atoms with Gasteiger partial charge >= 0.3 is 12.6 Å². The Morgan fingerprint density at radius 1 is 1.07 bits per heavy atom. The maximum atomic E-state index is 12.6. The fourth-order valence-electron chi connectivity index (χ4n) is 2.64. The smallest absolute Gasteiger partial charge is 0.387 e. The van der Waals surface area contributed by atoms with E-state index in [2.05, 4.69) is 15.4 Å². The summed E-state index contributed by atoms with van der Waals surface area (Å²) in [5.74, 6) is -0.408. The lowest BCUT2D eigenvalue weighted by molar-refractivity contribution is -0.125. The van der Waals surface area contributed by atoms with Crippen LogP contribution in [0.4, 0.5) is 13.6 Å². The minimum atomic E-state index is -2.88. The highest BCUT2D eigenvalue weighted by Crippen LogP contribution is 2.23. The molecule has 0 aliphatic heterocycles. The van der Waals surface area contributed by atoms with Crippen molar-refractivity contribution in [3.8, 4) is 5.75 Å². The number of likely N-dealkylation sites (N-methyl/N-ethyl adjacent to an activating group) is 1. The van der Waals surface area contributed by atoms with Gasteiger partial charge < -0.3 is 10.1 Å². The molecule has 2 aromatic rings. The Labute approximate surface area is 156 Å². The van der Waals surface area contributed by atoms with Crippen molar-refractivity contribution in [2.75, 3.05) is 14.1 Å². The SMILES string of the molecule is CNC(=O)NC(=O)C(c1ccccc1)N(C)Cc1ccc(OC(F)F)cc1. The number of nitrogens with one attached hydrogen (secondary N) is 2. The van der Waals surface area contributed by atoms with E-state index in [4.69, 9.17) is 0 Å². The third-order valence-electron chi connectivity index (χ3n) is 3.85. The van der Waals surface area contributed by atoms with Crippen LogP contribution in [0.25, 0.3) is 0 Å². The van der Waals surface area contributed by atoms with Crippen molar-refractivity contribution >= 4 is 11.9 Å². The molecule has 0 saturated carbocycles. The number of hydrogen-bond donors (Lipinski definition) is 2.